The maximum Gasteiger partial charge on any atom is 0.323 e. The summed E-state index contributed by atoms with van der Waals surface area (Å²) in [5.74, 6) is 1.29. The van der Waals surface area contributed by atoms with Crippen molar-refractivity contribution in [1.29, 1.82) is 0 Å². The van der Waals surface area contributed by atoms with Crippen LogP contribution in [0.2, 0.25) is 0 Å². The molecule has 2 heterocycles. The van der Waals surface area contributed by atoms with Crippen molar-refractivity contribution in [3.8, 4) is 11.5 Å². The Kier molecular flexibility index (Phi) is 9.10. The molecule has 5 rings (SSSR count). The summed E-state index contributed by atoms with van der Waals surface area (Å²) in [6.45, 7) is 4.19. The summed E-state index contributed by atoms with van der Waals surface area (Å²) in [7, 11) is 3.26. The zero-order valence-corrected chi connectivity index (χ0v) is 23.5. The van der Waals surface area contributed by atoms with Crippen LogP contribution in [0.3, 0.4) is 0 Å². The molecule has 3 aromatic rings. The van der Waals surface area contributed by atoms with Gasteiger partial charge in [0.2, 0.25) is 0 Å². The number of hydrogen-bond acceptors (Lipinski definition) is 7. The Morgan fingerprint density at radius 2 is 1.59 bits per heavy atom. The van der Waals surface area contributed by atoms with Crippen molar-refractivity contribution in [2.24, 2.45) is 0 Å². The fourth-order valence-electron chi connectivity index (χ4n) is 5.25. The van der Waals surface area contributed by atoms with Gasteiger partial charge in [-0.1, -0.05) is 18.2 Å². The third-order valence-electron chi connectivity index (χ3n) is 7.39. The van der Waals surface area contributed by atoms with Crippen LogP contribution in [0, 0.1) is 0 Å². The maximum atomic E-state index is 13.5. The van der Waals surface area contributed by atoms with Gasteiger partial charge in [-0.2, -0.15) is 0 Å². The molecule has 216 valence electrons. The average Bonchev–Trinajstić information content (AvgIpc) is 3.54. The standard InChI is InChI=1S/C31H37N5O5/c1-39-24-8-5-7-22(19-24)33-31(38)34-23-12-13-27(26(20-23)30(37)32-21-25-9-6-18-41-25)35-14-16-36(17-15-35)28-10-3-4-11-29(28)40-2/h3-5,7-8,10-13,19-20,25H,6,9,14-18,21H2,1-2H3,(H,32,37)(H2,33,34,38). The summed E-state index contributed by atoms with van der Waals surface area (Å²) in [6, 6.07) is 20.2. The highest BCUT2D eigenvalue weighted by Crippen LogP contribution is 2.31. The van der Waals surface area contributed by atoms with Crippen molar-refractivity contribution in [3.63, 3.8) is 0 Å². The first-order valence-electron chi connectivity index (χ1n) is 13.9. The molecule has 0 aromatic heterocycles. The molecule has 0 radical (unpaired) electrons. The second-order valence-electron chi connectivity index (χ2n) is 10.0. The first-order valence-corrected chi connectivity index (χ1v) is 13.9. The van der Waals surface area contributed by atoms with Gasteiger partial charge in [-0.05, 0) is 55.3 Å². The van der Waals surface area contributed by atoms with Crippen LogP contribution in [0.1, 0.15) is 23.2 Å². The van der Waals surface area contributed by atoms with E-state index in [1.807, 2.05) is 30.3 Å². The first kappa shape index (κ1) is 28.1. The largest absolute Gasteiger partial charge is 0.497 e. The van der Waals surface area contributed by atoms with Crippen molar-refractivity contribution in [2.75, 3.05) is 74.0 Å². The van der Waals surface area contributed by atoms with E-state index in [0.717, 1.165) is 62.8 Å². The molecule has 2 aliphatic heterocycles. The number of ether oxygens (including phenoxy) is 3. The number of para-hydroxylation sites is 2. The molecule has 10 nitrogen and oxygen atoms in total. The Morgan fingerprint density at radius 1 is 0.854 bits per heavy atom. The topological polar surface area (TPSA) is 104 Å². The lowest BCUT2D eigenvalue weighted by Gasteiger charge is -2.38. The Bertz CT molecular complexity index is 1350. The van der Waals surface area contributed by atoms with Gasteiger partial charge < -0.3 is 40.0 Å². The van der Waals surface area contributed by atoms with Crippen LogP contribution in [0.25, 0.3) is 0 Å². The predicted molar refractivity (Wildman–Crippen MR) is 161 cm³/mol. The van der Waals surface area contributed by atoms with E-state index < -0.39 is 6.03 Å². The lowest BCUT2D eigenvalue weighted by atomic mass is 10.1. The van der Waals surface area contributed by atoms with Gasteiger partial charge in [0, 0.05) is 62.5 Å². The minimum atomic E-state index is -0.415. The van der Waals surface area contributed by atoms with E-state index in [-0.39, 0.29) is 12.0 Å². The van der Waals surface area contributed by atoms with E-state index in [9.17, 15) is 9.59 Å². The van der Waals surface area contributed by atoms with Gasteiger partial charge in [-0.25, -0.2) is 4.79 Å². The molecule has 2 saturated heterocycles. The van der Waals surface area contributed by atoms with Gasteiger partial charge in [-0.3, -0.25) is 4.79 Å². The van der Waals surface area contributed by atoms with Gasteiger partial charge >= 0.3 is 6.03 Å². The number of amides is 3. The zero-order chi connectivity index (χ0) is 28.6. The minimum absolute atomic E-state index is 0.0294. The number of piperazine rings is 1. The smallest absolute Gasteiger partial charge is 0.323 e. The number of rotatable bonds is 9. The van der Waals surface area contributed by atoms with Crippen LogP contribution >= 0.6 is 0 Å². The third-order valence-corrected chi connectivity index (χ3v) is 7.39. The number of carbonyl (C=O) groups excluding carboxylic acids is 2. The highest BCUT2D eigenvalue weighted by Gasteiger charge is 2.25. The molecule has 3 N–H and O–H groups in total. The fraction of sp³-hybridized carbons (Fsp3) is 0.355. The van der Waals surface area contributed by atoms with Gasteiger partial charge in [0.05, 0.1) is 31.6 Å². The van der Waals surface area contributed by atoms with Gasteiger partial charge in [0.15, 0.2) is 0 Å². The first-order chi connectivity index (χ1) is 20.0. The van der Waals surface area contributed by atoms with Gasteiger partial charge in [-0.15, -0.1) is 0 Å². The Morgan fingerprint density at radius 3 is 2.29 bits per heavy atom. The lowest BCUT2D eigenvalue weighted by Crippen LogP contribution is -2.47. The van der Waals surface area contributed by atoms with Crippen LogP contribution in [-0.4, -0.2) is 71.6 Å². The average molecular weight is 560 g/mol. The monoisotopic (exact) mass is 559 g/mol. The summed E-state index contributed by atoms with van der Waals surface area (Å²) in [4.78, 5) is 30.7. The van der Waals surface area contributed by atoms with Crippen LogP contribution < -0.4 is 35.2 Å². The molecule has 0 saturated carbocycles. The molecule has 2 aliphatic rings. The molecule has 2 fully saturated rings. The van der Waals surface area contributed by atoms with E-state index in [4.69, 9.17) is 14.2 Å². The van der Waals surface area contributed by atoms with Crippen LogP contribution in [0.4, 0.5) is 27.5 Å². The van der Waals surface area contributed by atoms with Crippen LogP contribution in [-0.2, 0) is 4.74 Å². The molecule has 10 heteroatoms. The van der Waals surface area contributed by atoms with Gasteiger partial charge in [0.25, 0.3) is 5.91 Å². The van der Waals surface area contributed by atoms with E-state index >= 15 is 0 Å². The molecule has 0 spiro atoms. The second kappa shape index (κ2) is 13.3. The van der Waals surface area contributed by atoms with Crippen molar-refractivity contribution in [3.05, 3.63) is 72.3 Å². The summed E-state index contributed by atoms with van der Waals surface area (Å²) < 4.78 is 16.5. The Balaban J connectivity index is 1.31. The van der Waals surface area contributed by atoms with E-state index in [1.54, 1.807) is 44.6 Å². The van der Waals surface area contributed by atoms with E-state index in [0.29, 0.717) is 29.2 Å². The number of carbonyl (C=O) groups is 2. The minimum Gasteiger partial charge on any atom is -0.497 e. The lowest BCUT2D eigenvalue weighted by molar-refractivity contribution is 0.0858. The fourth-order valence-corrected chi connectivity index (χ4v) is 5.25. The number of urea groups is 1. The molecule has 1 atom stereocenters. The number of anilines is 4. The van der Waals surface area contributed by atoms with Crippen LogP contribution in [0.15, 0.2) is 66.7 Å². The maximum absolute atomic E-state index is 13.5. The summed E-state index contributed by atoms with van der Waals surface area (Å²) in [5.41, 5.74) is 3.51. The molecule has 1 unspecified atom stereocenters. The normalized spacial score (nSPS) is 16.7. The Labute approximate surface area is 240 Å². The number of hydrogen-bond donors (Lipinski definition) is 3. The predicted octanol–water partition coefficient (Wildman–Crippen LogP) is 4.58. The molecular weight excluding hydrogens is 522 g/mol. The van der Waals surface area contributed by atoms with E-state index in [1.165, 1.54) is 0 Å². The number of nitrogens with zero attached hydrogens (tertiary/aromatic N) is 2. The molecule has 41 heavy (non-hydrogen) atoms. The zero-order valence-electron chi connectivity index (χ0n) is 23.5. The summed E-state index contributed by atoms with van der Waals surface area (Å²) in [6.07, 6.45) is 1.97. The number of methoxy groups -OCH3 is 2. The van der Waals surface area contributed by atoms with Crippen molar-refractivity contribution < 1.29 is 23.8 Å². The summed E-state index contributed by atoms with van der Waals surface area (Å²) in [5, 5.41) is 8.71. The SMILES string of the molecule is COc1cccc(NC(=O)Nc2ccc(N3CCN(c4ccccc4OC)CC3)c(C(=O)NCC3CCCO3)c2)c1. The molecular formula is C31H37N5O5. The quantitative estimate of drug-likeness (QED) is 0.353. The molecule has 3 amide bonds. The molecule has 0 bridgehead atoms. The second-order valence-corrected chi connectivity index (χ2v) is 10.0. The van der Waals surface area contributed by atoms with E-state index in [2.05, 4.69) is 31.8 Å². The molecule has 0 aliphatic carbocycles. The third kappa shape index (κ3) is 7.01. The van der Waals surface area contributed by atoms with Gasteiger partial charge in [0.1, 0.15) is 11.5 Å². The van der Waals surface area contributed by atoms with Crippen molar-refractivity contribution in [2.45, 2.75) is 18.9 Å². The van der Waals surface area contributed by atoms with Crippen molar-refractivity contribution in [1.82, 2.24) is 5.32 Å². The Hall–Kier alpha value is -4.44. The summed E-state index contributed by atoms with van der Waals surface area (Å²) >= 11 is 0. The van der Waals surface area contributed by atoms with Crippen LogP contribution in [0.5, 0.6) is 11.5 Å². The van der Waals surface area contributed by atoms with Crippen molar-refractivity contribution >= 4 is 34.7 Å². The highest BCUT2D eigenvalue weighted by molar-refractivity contribution is 6.04. The highest BCUT2D eigenvalue weighted by atomic mass is 16.5. The number of nitrogens with one attached hydrogen (secondary N) is 3. The number of benzene rings is 3. The molecule has 3 aromatic carbocycles.